The zero-order valence-corrected chi connectivity index (χ0v) is 18.4. The SMILES string of the molecule is CCCCCC(S)[P+](CCCC)(CCCC)CCCC.[Br-]. The fraction of sp³-hybridized carbons (Fsp3) is 1.00. The molecule has 0 amide bonds. The fourth-order valence-corrected chi connectivity index (χ4v) is 9.41. The minimum atomic E-state index is -0.813. The first-order valence-corrected chi connectivity index (χ1v) is 12.1. The monoisotopic (exact) mass is 398 g/mol. The van der Waals surface area contributed by atoms with Gasteiger partial charge in [0.2, 0.25) is 0 Å². The molecule has 0 aliphatic heterocycles. The van der Waals surface area contributed by atoms with E-state index in [1.807, 2.05) is 0 Å². The highest BCUT2D eigenvalue weighted by atomic mass is 79.9. The van der Waals surface area contributed by atoms with Crippen LogP contribution in [0.3, 0.4) is 0 Å². The molecule has 21 heavy (non-hydrogen) atoms. The zero-order valence-electron chi connectivity index (χ0n) is 15.0. The number of halogens is 1. The normalized spacial score (nSPS) is 13.0. The van der Waals surface area contributed by atoms with E-state index in [4.69, 9.17) is 12.6 Å². The van der Waals surface area contributed by atoms with Crippen molar-refractivity contribution >= 4 is 19.9 Å². The summed E-state index contributed by atoms with van der Waals surface area (Å²) in [4.78, 5) is 0.735. The topological polar surface area (TPSA) is 0 Å². The van der Waals surface area contributed by atoms with Crippen LogP contribution in [0.25, 0.3) is 0 Å². The average molecular weight is 399 g/mol. The molecule has 0 aliphatic carbocycles. The van der Waals surface area contributed by atoms with Crippen molar-refractivity contribution in [3.63, 3.8) is 0 Å². The molecule has 1 atom stereocenters. The van der Waals surface area contributed by atoms with Crippen LogP contribution in [-0.4, -0.2) is 23.5 Å². The molecule has 0 bridgehead atoms. The van der Waals surface area contributed by atoms with E-state index < -0.39 is 7.26 Å². The van der Waals surface area contributed by atoms with Crippen molar-refractivity contribution in [3.8, 4) is 0 Å². The van der Waals surface area contributed by atoms with E-state index in [9.17, 15) is 0 Å². The van der Waals surface area contributed by atoms with Gasteiger partial charge in [0.25, 0.3) is 0 Å². The van der Waals surface area contributed by atoms with E-state index in [0.29, 0.717) is 0 Å². The van der Waals surface area contributed by atoms with Crippen LogP contribution >= 0.6 is 19.9 Å². The van der Waals surface area contributed by atoms with E-state index >= 15 is 0 Å². The van der Waals surface area contributed by atoms with Gasteiger partial charge in [-0.2, -0.15) is 0 Å². The molecule has 0 rings (SSSR count). The van der Waals surface area contributed by atoms with Gasteiger partial charge in [-0.25, -0.2) is 0 Å². The van der Waals surface area contributed by atoms with Crippen LogP contribution in [0.1, 0.15) is 91.9 Å². The Balaban J connectivity index is 0. The summed E-state index contributed by atoms with van der Waals surface area (Å²) in [6.45, 7) is 9.35. The van der Waals surface area contributed by atoms with E-state index in [0.717, 1.165) is 4.99 Å². The van der Waals surface area contributed by atoms with Gasteiger partial charge in [0.1, 0.15) is 4.99 Å². The summed E-state index contributed by atoms with van der Waals surface area (Å²) >= 11 is 5.15. The number of hydrogen-bond donors (Lipinski definition) is 1. The third-order valence-electron chi connectivity index (χ3n) is 4.57. The average Bonchev–Trinajstić information content (AvgIpc) is 2.47. The maximum absolute atomic E-state index is 5.15. The molecule has 0 spiro atoms. The predicted molar refractivity (Wildman–Crippen MR) is 103 cm³/mol. The van der Waals surface area contributed by atoms with Gasteiger partial charge in [0.05, 0.1) is 18.5 Å². The predicted octanol–water partition coefficient (Wildman–Crippen LogP) is 4.24. The summed E-state index contributed by atoms with van der Waals surface area (Å²) in [5.74, 6) is 0. The largest absolute Gasteiger partial charge is 1.00 e. The molecule has 0 heterocycles. The second kappa shape index (κ2) is 16.1. The highest BCUT2D eigenvalue weighted by Crippen LogP contribution is 2.67. The van der Waals surface area contributed by atoms with Crippen LogP contribution in [0.5, 0.6) is 0 Å². The van der Waals surface area contributed by atoms with Gasteiger partial charge in [-0.3, -0.25) is 0 Å². The summed E-state index contributed by atoms with van der Waals surface area (Å²) in [7, 11) is -0.813. The zero-order chi connectivity index (χ0) is 15.3. The van der Waals surface area contributed by atoms with Gasteiger partial charge >= 0.3 is 0 Å². The van der Waals surface area contributed by atoms with Crippen LogP contribution < -0.4 is 17.0 Å². The molecule has 0 saturated heterocycles. The Hall–Kier alpha value is 1.26. The van der Waals surface area contributed by atoms with E-state index in [1.54, 1.807) is 0 Å². The van der Waals surface area contributed by atoms with Gasteiger partial charge in [0, 0.05) is 7.26 Å². The standard InChI is InChI=1S/C18H39PS.BrH/c1-5-9-13-14-18(20)19(15-10-6-2,16-11-7-3)17-12-8-4;/h18H,5-17H2,1-4H3;1H. The molecule has 0 N–H and O–H groups in total. The molecular weight excluding hydrogens is 359 g/mol. The van der Waals surface area contributed by atoms with Crippen molar-refractivity contribution in [2.45, 2.75) is 96.9 Å². The van der Waals surface area contributed by atoms with Crippen molar-refractivity contribution in [3.05, 3.63) is 0 Å². The van der Waals surface area contributed by atoms with Crippen LogP contribution in [0.15, 0.2) is 0 Å². The van der Waals surface area contributed by atoms with Crippen molar-refractivity contribution in [1.82, 2.24) is 0 Å². The number of thiol groups is 1. The second-order valence-corrected chi connectivity index (χ2v) is 11.9. The summed E-state index contributed by atoms with van der Waals surface area (Å²) < 4.78 is 0. The van der Waals surface area contributed by atoms with Crippen molar-refractivity contribution < 1.29 is 17.0 Å². The lowest BCUT2D eigenvalue weighted by Crippen LogP contribution is -3.00. The number of hydrogen-bond acceptors (Lipinski definition) is 1. The highest BCUT2D eigenvalue weighted by molar-refractivity contribution is 7.96. The lowest BCUT2D eigenvalue weighted by atomic mass is 10.2. The van der Waals surface area contributed by atoms with Gasteiger partial charge < -0.3 is 17.0 Å². The lowest BCUT2D eigenvalue weighted by molar-refractivity contribution is -0.00000454. The molecule has 0 aromatic heterocycles. The van der Waals surface area contributed by atoms with Crippen LogP contribution in [0, 0.1) is 0 Å². The summed E-state index contributed by atoms with van der Waals surface area (Å²) in [6, 6.07) is 0. The maximum Gasteiger partial charge on any atom is 0.111 e. The molecule has 3 heteroatoms. The molecular formula is C18H40BrPS. The molecule has 0 fully saturated rings. The van der Waals surface area contributed by atoms with E-state index in [-0.39, 0.29) is 17.0 Å². The Morgan fingerprint density at radius 3 is 1.38 bits per heavy atom. The molecule has 0 saturated carbocycles. The molecule has 0 radical (unpaired) electrons. The maximum atomic E-state index is 5.15. The lowest BCUT2D eigenvalue weighted by Gasteiger charge is -2.33. The molecule has 0 aromatic carbocycles. The Morgan fingerprint density at radius 1 is 0.667 bits per heavy atom. The third-order valence-corrected chi connectivity index (χ3v) is 11.4. The first-order valence-electron chi connectivity index (χ1n) is 9.20. The smallest absolute Gasteiger partial charge is 0.111 e. The van der Waals surface area contributed by atoms with Crippen LogP contribution in [-0.2, 0) is 0 Å². The highest BCUT2D eigenvalue weighted by Gasteiger charge is 2.41. The Labute approximate surface area is 152 Å². The number of rotatable bonds is 14. The van der Waals surface area contributed by atoms with Gasteiger partial charge in [0.15, 0.2) is 0 Å². The Morgan fingerprint density at radius 2 is 1.05 bits per heavy atom. The van der Waals surface area contributed by atoms with Crippen molar-refractivity contribution in [2.75, 3.05) is 18.5 Å². The summed E-state index contributed by atoms with van der Waals surface area (Å²) in [5.41, 5.74) is 0. The van der Waals surface area contributed by atoms with Crippen LogP contribution in [0.4, 0.5) is 0 Å². The molecule has 1 unspecified atom stereocenters. The molecule has 0 aliphatic rings. The third kappa shape index (κ3) is 10.6. The van der Waals surface area contributed by atoms with Crippen molar-refractivity contribution in [1.29, 1.82) is 0 Å². The summed E-state index contributed by atoms with van der Waals surface area (Å²) in [6.07, 6.45) is 18.4. The minimum Gasteiger partial charge on any atom is -1.00 e. The first kappa shape index (κ1) is 24.5. The summed E-state index contributed by atoms with van der Waals surface area (Å²) in [5, 5.41) is 0. The second-order valence-electron chi connectivity index (χ2n) is 6.43. The Bertz CT molecular complexity index is 190. The van der Waals surface area contributed by atoms with Gasteiger partial charge in [-0.1, -0.05) is 59.8 Å². The van der Waals surface area contributed by atoms with Crippen LogP contribution in [0.2, 0.25) is 0 Å². The van der Waals surface area contributed by atoms with Crippen molar-refractivity contribution in [2.24, 2.45) is 0 Å². The molecule has 0 aromatic rings. The molecule has 130 valence electrons. The number of unbranched alkanes of at least 4 members (excludes halogenated alkanes) is 5. The fourth-order valence-electron chi connectivity index (χ4n) is 3.05. The molecule has 0 nitrogen and oxygen atoms in total. The van der Waals surface area contributed by atoms with E-state index in [1.165, 1.54) is 82.7 Å². The quantitative estimate of drug-likeness (QED) is 0.252. The minimum absolute atomic E-state index is 0. The van der Waals surface area contributed by atoms with Gasteiger partial charge in [-0.05, 0) is 32.1 Å². The van der Waals surface area contributed by atoms with E-state index in [2.05, 4.69) is 27.7 Å². The van der Waals surface area contributed by atoms with Gasteiger partial charge in [-0.15, -0.1) is 12.6 Å². The Kier molecular flexibility index (Phi) is 18.8. The first-order chi connectivity index (χ1) is 9.66.